The fourth-order valence-corrected chi connectivity index (χ4v) is 1.71. The van der Waals surface area contributed by atoms with Crippen LogP contribution in [0.4, 0.5) is 5.69 Å². The average Bonchev–Trinajstić information content (AvgIpc) is 2.33. The normalized spacial score (nSPS) is 13.3. The van der Waals surface area contributed by atoms with Crippen molar-refractivity contribution in [2.45, 2.75) is 40.0 Å². The molecular weight excluding hydrogens is 190 g/mol. The summed E-state index contributed by atoms with van der Waals surface area (Å²) in [4.78, 5) is 11.4. The summed E-state index contributed by atoms with van der Waals surface area (Å²) < 4.78 is 0. The van der Waals surface area contributed by atoms with Crippen molar-refractivity contribution in [3.8, 4) is 0 Å². The Hall–Kier alpha value is -1.32. The predicted octanol–water partition coefficient (Wildman–Crippen LogP) is 1.72. The second kappa shape index (κ2) is 5.53. The Balaban J connectivity index is 0.000000531. The van der Waals surface area contributed by atoms with E-state index in [4.69, 9.17) is 0 Å². The highest BCUT2D eigenvalue weighted by molar-refractivity contribution is 5.55. The number of nitrogens with zero attached hydrogens (tertiary/aromatic N) is 1. The van der Waals surface area contributed by atoms with Crippen LogP contribution < -0.4 is 10.9 Å². The van der Waals surface area contributed by atoms with E-state index in [0.717, 1.165) is 42.8 Å². The van der Waals surface area contributed by atoms with Gasteiger partial charge in [0.15, 0.2) is 0 Å². The van der Waals surface area contributed by atoms with E-state index in [-0.39, 0.29) is 5.56 Å². The van der Waals surface area contributed by atoms with Gasteiger partial charge in [-0.05, 0) is 19.3 Å². The van der Waals surface area contributed by atoms with E-state index >= 15 is 0 Å². The molecule has 1 aromatic heterocycles. The topological polar surface area (TPSA) is 57.8 Å². The molecule has 15 heavy (non-hydrogen) atoms. The maximum Gasteiger partial charge on any atom is 0.269 e. The molecule has 1 aliphatic heterocycles. The zero-order valence-electron chi connectivity index (χ0n) is 9.68. The van der Waals surface area contributed by atoms with Crippen molar-refractivity contribution in [2.75, 3.05) is 11.9 Å². The molecule has 2 rings (SSSR count). The molecule has 0 aliphatic carbocycles. The molecule has 4 nitrogen and oxygen atoms in total. The van der Waals surface area contributed by atoms with Crippen LogP contribution in [-0.2, 0) is 12.8 Å². The van der Waals surface area contributed by atoms with Crippen molar-refractivity contribution < 1.29 is 0 Å². The first kappa shape index (κ1) is 11.8. The monoisotopic (exact) mass is 209 g/mol. The van der Waals surface area contributed by atoms with Gasteiger partial charge in [0.1, 0.15) is 0 Å². The van der Waals surface area contributed by atoms with Crippen LogP contribution in [0.2, 0.25) is 0 Å². The largest absolute Gasteiger partial charge is 0.383 e. The van der Waals surface area contributed by atoms with Crippen LogP contribution >= 0.6 is 0 Å². The Morgan fingerprint density at radius 3 is 2.80 bits per heavy atom. The molecular formula is C11H19N3O. The third-order valence-electron chi connectivity index (χ3n) is 2.40. The van der Waals surface area contributed by atoms with Crippen LogP contribution in [-0.4, -0.2) is 16.7 Å². The van der Waals surface area contributed by atoms with Crippen molar-refractivity contribution in [3.63, 3.8) is 0 Å². The van der Waals surface area contributed by atoms with Crippen LogP contribution in [0.1, 0.15) is 38.4 Å². The number of rotatable bonds is 1. The highest BCUT2D eigenvalue weighted by atomic mass is 16.1. The Labute approximate surface area is 90.1 Å². The number of nitrogens with one attached hydrogen (secondary N) is 2. The smallest absolute Gasteiger partial charge is 0.269 e. The fraction of sp³-hybridized carbons (Fsp3) is 0.636. The molecule has 1 aromatic rings. The number of aromatic amines is 1. The van der Waals surface area contributed by atoms with Crippen LogP contribution in [0.5, 0.6) is 0 Å². The van der Waals surface area contributed by atoms with Gasteiger partial charge < -0.3 is 5.32 Å². The van der Waals surface area contributed by atoms with Gasteiger partial charge >= 0.3 is 0 Å². The highest BCUT2D eigenvalue weighted by Crippen LogP contribution is 2.20. The summed E-state index contributed by atoms with van der Waals surface area (Å²) in [5.41, 5.74) is 2.77. The number of hydrogen-bond donors (Lipinski definition) is 2. The maximum absolute atomic E-state index is 11.4. The van der Waals surface area contributed by atoms with Gasteiger partial charge in [-0.15, -0.1) is 0 Å². The minimum Gasteiger partial charge on any atom is -0.383 e. The van der Waals surface area contributed by atoms with E-state index in [2.05, 4.69) is 15.5 Å². The maximum atomic E-state index is 11.4. The number of hydrogen-bond acceptors (Lipinski definition) is 3. The van der Waals surface area contributed by atoms with Crippen LogP contribution in [0.15, 0.2) is 4.79 Å². The lowest BCUT2D eigenvalue weighted by molar-refractivity contribution is 0.776. The molecule has 0 atom stereocenters. The number of H-pyrrole nitrogens is 1. The second-order valence-corrected chi connectivity index (χ2v) is 3.24. The zero-order valence-corrected chi connectivity index (χ0v) is 9.68. The van der Waals surface area contributed by atoms with Gasteiger partial charge in [-0.1, -0.05) is 20.8 Å². The summed E-state index contributed by atoms with van der Waals surface area (Å²) >= 11 is 0. The first-order valence-electron chi connectivity index (χ1n) is 5.67. The van der Waals surface area contributed by atoms with Gasteiger partial charge in [0.25, 0.3) is 5.56 Å². The minimum atomic E-state index is -0.0422. The van der Waals surface area contributed by atoms with Crippen molar-refractivity contribution in [2.24, 2.45) is 0 Å². The Kier molecular flexibility index (Phi) is 4.34. The van der Waals surface area contributed by atoms with Crippen LogP contribution in [0.3, 0.4) is 0 Å². The van der Waals surface area contributed by atoms with Crippen molar-refractivity contribution >= 4 is 5.69 Å². The summed E-state index contributed by atoms with van der Waals surface area (Å²) in [7, 11) is 0. The summed E-state index contributed by atoms with van der Waals surface area (Å²) in [6.45, 7) is 6.99. The molecule has 1 aliphatic rings. The molecule has 0 saturated heterocycles. The van der Waals surface area contributed by atoms with Gasteiger partial charge in [0.2, 0.25) is 0 Å². The van der Waals surface area contributed by atoms with Gasteiger partial charge in [0, 0.05) is 12.1 Å². The molecule has 0 bridgehead atoms. The molecule has 0 spiro atoms. The minimum absolute atomic E-state index is 0.0422. The molecule has 0 amide bonds. The quantitative estimate of drug-likeness (QED) is 0.740. The molecule has 0 fully saturated rings. The van der Waals surface area contributed by atoms with Gasteiger partial charge in [0.05, 0.1) is 11.4 Å². The number of aromatic nitrogens is 2. The average molecular weight is 209 g/mol. The van der Waals surface area contributed by atoms with Crippen LogP contribution in [0, 0.1) is 0 Å². The van der Waals surface area contributed by atoms with Crippen LogP contribution in [0.25, 0.3) is 0 Å². The SMILES string of the molecule is CC.CCc1n[nH]c(=O)c2c1NCCC2. The highest BCUT2D eigenvalue weighted by Gasteiger charge is 2.15. The van der Waals surface area contributed by atoms with E-state index < -0.39 is 0 Å². The molecule has 0 radical (unpaired) electrons. The summed E-state index contributed by atoms with van der Waals surface area (Å²) in [6, 6.07) is 0. The predicted molar refractivity (Wildman–Crippen MR) is 62.4 cm³/mol. The van der Waals surface area contributed by atoms with Crippen molar-refractivity contribution in [1.82, 2.24) is 10.2 Å². The number of fused-ring (bicyclic) bond motifs is 1. The zero-order chi connectivity index (χ0) is 11.3. The molecule has 4 heteroatoms. The number of anilines is 1. The molecule has 84 valence electrons. The van der Waals surface area contributed by atoms with E-state index in [9.17, 15) is 4.79 Å². The molecule has 2 N–H and O–H groups in total. The Morgan fingerprint density at radius 2 is 2.13 bits per heavy atom. The molecule has 2 heterocycles. The Morgan fingerprint density at radius 1 is 1.40 bits per heavy atom. The van der Waals surface area contributed by atoms with Crippen molar-refractivity contribution in [1.29, 1.82) is 0 Å². The summed E-state index contributed by atoms with van der Waals surface area (Å²) in [5.74, 6) is 0. The fourth-order valence-electron chi connectivity index (χ4n) is 1.71. The van der Waals surface area contributed by atoms with Gasteiger partial charge in [-0.2, -0.15) is 5.10 Å². The lowest BCUT2D eigenvalue weighted by Crippen LogP contribution is -2.24. The third-order valence-corrected chi connectivity index (χ3v) is 2.40. The number of aryl methyl sites for hydroxylation is 1. The first-order valence-corrected chi connectivity index (χ1v) is 5.67. The lowest BCUT2D eigenvalue weighted by atomic mass is 10.0. The van der Waals surface area contributed by atoms with Gasteiger partial charge in [-0.25, -0.2) is 5.10 Å². The molecule has 0 saturated carbocycles. The second-order valence-electron chi connectivity index (χ2n) is 3.24. The Bertz CT molecular complexity index is 371. The standard InChI is InChI=1S/C9H13N3O.C2H6/c1-2-7-8-6(4-3-5-10-8)9(13)12-11-7;1-2/h10H,2-5H2,1H3,(H,12,13);1-2H3. The van der Waals surface area contributed by atoms with Crippen molar-refractivity contribution in [3.05, 3.63) is 21.6 Å². The van der Waals surface area contributed by atoms with E-state index in [1.165, 1.54) is 0 Å². The first-order chi connectivity index (χ1) is 7.33. The summed E-state index contributed by atoms with van der Waals surface area (Å²) in [5, 5.41) is 9.78. The third kappa shape index (κ3) is 2.37. The van der Waals surface area contributed by atoms with E-state index in [0.29, 0.717) is 0 Å². The lowest BCUT2D eigenvalue weighted by Gasteiger charge is -2.18. The molecule has 0 unspecified atom stereocenters. The van der Waals surface area contributed by atoms with Gasteiger partial charge in [-0.3, -0.25) is 4.79 Å². The summed E-state index contributed by atoms with van der Waals surface area (Å²) in [6.07, 6.45) is 2.75. The van der Waals surface area contributed by atoms with E-state index in [1.807, 2.05) is 20.8 Å². The van der Waals surface area contributed by atoms with E-state index in [1.54, 1.807) is 0 Å². The molecule has 0 aromatic carbocycles.